The molecule has 282 valence electrons. The summed E-state index contributed by atoms with van der Waals surface area (Å²) in [5.41, 5.74) is 2.30. The number of amides is 1. The van der Waals surface area contributed by atoms with Crippen LogP contribution in [0.25, 0.3) is 0 Å². The molecule has 1 fully saturated rings. The van der Waals surface area contributed by atoms with Crippen molar-refractivity contribution in [2.24, 2.45) is 5.92 Å². The number of likely N-dealkylation sites (tertiary alicyclic amines) is 1. The maximum absolute atomic E-state index is 14.4. The number of nitrogens with zero attached hydrogens (tertiary/aromatic N) is 1. The van der Waals surface area contributed by atoms with E-state index in [1.807, 2.05) is 57.2 Å². The van der Waals surface area contributed by atoms with Crippen molar-refractivity contribution in [3.8, 4) is 34.5 Å². The van der Waals surface area contributed by atoms with Gasteiger partial charge < -0.3 is 38.1 Å². The zero-order valence-electron chi connectivity index (χ0n) is 31.7. The van der Waals surface area contributed by atoms with Gasteiger partial charge >= 0.3 is 5.97 Å². The minimum Gasteiger partial charge on any atom is -0.493 e. The van der Waals surface area contributed by atoms with Gasteiger partial charge in [0.2, 0.25) is 11.7 Å². The number of ketones is 1. The molecule has 0 saturated carbocycles. The molecule has 0 aliphatic carbocycles. The minimum absolute atomic E-state index is 0.0392. The molecule has 0 N–H and O–H groups in total. The molecule has 3 atom stereocenters. The van der Waals surface area contributed by atoms with Crippen LogP contribution in [0.5, 0.6) is 34.5 Å². The molecule has 0 aromatic heterocycles. The average Bonchev–Trinajstić information content (AvgIpc) is 3.17. The molecule has 11 nitrogen and oxygen atoms in total. The van der Waals surface area contributed by atoms with Gasteiger partial charge in [-0.1, -0.05) is 45.0 Å². The maximum atomic E-state index is 14.4. The third kappa shape index (κ3) is 9.48. The molecule has 3 aromatic rings. The number of piperidine rings is 1. The van der Waals surface area contributed by atoms with Crippen LogP contribution in [0, 0.1) is 5.92 Å². The topological polar surface area (TPSA) is 119 Å². The zero-order chi connectivity index (χ0) is 37.8. The minimum atomic E-state index is -0.781. The average molecular weight is 720 g/mol. The van der Waals surface area contributed by atoms with Crippen molar-refractivity contribution in [3.05, 3.63) is 71.3 Å². The first kappa shape index (κ1) is 39.8. The van der Waals surface area contributed by atoms with E-state index in [-0.39, 0.29) is 24.2 Å². The molecule has 0 unspecified atom stereocenters. The first-order valence-electron chi connectivity index (χ1n) is 17.9. The lowest BCUT2D eigenvalue weighted by atomic mass is 9.91. The van der Waals surface area contributed by atoms with Crippen LogP contribution < -0.4 is 28.4 Å². The second-order valence-corrected chi connectivity index (χ2v) is 13.1. The molecule has 1 saturated heterocycles. The van der Waals surface area contributed by atoms with E-state index in [0.717, 1.165) is 18.4 Å². The van der Waals surface area contributed by atoms with Crippen LogP contribution in [0.2, 0.25) is 0 Å². The number of carbonyl (C=O) groups is 3. The third-order valence-electron chi connectivity index (χ3n) is 9.54. The van der Waals surface area contributed by atoms with Crippen molar-refractivity contribution in [2.45, 2.75) is 77.4 Å². The number of methoxy groups -OCH3 is 5. The highest BCUT2D eigenvalue weighted by Gasteiger charge is 2.38. The maximum Gasteiger partial charge on any atom is 0.329 e. The fourth-order valence-corrected chi connectivity index (χ4v) is 6.52. The van der Waals surface area contributed by atoms with Gasteiger partial charge in [0.1, 0.15) is 24.5 Å². The number of rotatable bonds is 18. The molecule has 1 aliphatic heterocycles. The SMILES string of the molecule is CC[C@H](C(=O)N1CCCC[C@H]1C(=O)O[C@H](CCc1ccc(OC)c(OC)c1)c1ccccc1OCC(=O)C(C)C)c1cc(OC)c(OC)c(OC)c1. The standard InChI is InChI=1S/C41H53NO10/c1-9-29(28-23-37(48-6)39(50-8)38(24-28)49-7)40(44)42-21-13-12-15-31(42)41(45)52-34(19-17-27-18-20-35(46-4)36(22-27)47-5)30-14-10-11-16-33(30)51-25-32(43)26(2)3/h10-11,14,16,18,20,22-24,26,29,31,34H,9,12-13,15,17,19,21,25H2,1-8H3/t29-,31-,34+/m0/s1. The Morgan fingerprint density at radius 3 is 2.08 bits per heavy atom. The number of Topliss-reactive ketones (excluding diaryl/α,β-unsaturated/α-hetero) is 1. The summed E-state index contributed by atoms with van der Waals surface area (Å²) in [5.74, 6) is 1.57. The van der Waals surface area contributed by atoms with Crippen molar-refractivity contribution in [3.63, 3.8) is 0 Å². The molecule has 0 bridgehead atoms. The number of hydrogen-bond donors (Lipinski definition) is 0. The normalized spacial score (nSPS) is 15.3. The fraction of sp³-hybridized carbons (Fsp3) is 0.488. The lowest BCUT2D eigenvalue weighted by Crippen LogP contribution is -2.50. The van der Waals surface area contributed by atoms with Crippen molar-refractivity contribution < 1.29 is 47.5 Å². The molecule has 3 aromatic carbocycles. The molecule has 0 spiro atoms. The van der Waals surface area contributed by atoms with Gasteiger partial charge in [0, 0.05) is 18.0 Å². The smallest absolute Gasteiger partial charge is 0.329 e. The first-order chi connectivity index (χ1) is 25.1. The molecule has 11 heteroatoms. The van der Waals surface area contributed by atoms with Gasteiger partial charge in [-0.2, -0.15) is 0 Å². The van der Waals surface area contributed by atoms with E-state index in [1.165, 1.54) is 21.3 Å². The molecular formula is C41H53NO10. The number of benzene rings is 3. The summed E-state index contributed by atoms with van der Waals surface area (Å²) < 4.78 is 40.0. The molecule has 52 heavy (non-hydrogen) atoms. The lowest BCUT2D eigenvalue weighted by Gasteiger charge is -2.37. The Morgan fingerprint density at radius 2 is 1.46 bits per heavy atom. The second kappa shape index (κ2) is 19.1. The molecule has 4 rings (SSSR count). The van der Waals surface area contributed by atoms with Gasteiger partial charge in [0.25, 0.3) is 0 Å². The zero-order valence-corrected chi connectivity index (χ0v) is 31.7. The number of hydrogen-bond acceptors (Lipinski definition) is 10. The van der Waals surface area contributed by atoms with Gasteiger partial charge in [-0.25, -0.2) is 4.79 Å². The largest absolute Gasteiger partial charge is 0.493 e. The van der Waals surface area contributed by atoms with Crippen LogP contribution in [-0.2, 0) is 25.5 Å². The van der Waals surface area contributed by atoms with E-state index in [2.05, 4.69) is 0 Å². The lowest BCUT2D eigenvalue weighted by molar-refractivity contribution is -0.162. The Morgan fingerprint density at radius 1 is 0.788 bits per heavy atom. The molecule has 1 amide bonds. The monoisotopic (exact) mass is 719 g/mol. The van der Waals surface area contributed by atoms with Gasteiger partial charge in [0.05, 0.1) is 41.5 Å². The van der Waals surface area contributed by atoms with E-state index in [4.69, 9.17) is 33.2 Å². The molecule has 1 aliphatic rings. The summed E-state index contributed by atoms with van der Waals surface area (Å²) in [6.45, 7) is 5.91. The summed E-state index contributed by atoms with van der Waals surface area (Å²) in [6, 6.07) is 15.8. The van der Waals surface area contributed by atoms with E-state index >= 15 is 0 Å². The highest BCUT2D eigenvalue weighted by molar-refractivity contribution is 5.89. The summed E-state index contributed by atoms with van der Waals surface area (Å²) >= 11 is 0. The van der Waals surface area contributed by atoms with Crippen LogP contribution in [0.4, 0.5) is 0 Å². The van der Waals surface area contributed by atoms with Crippen molar-refractivity contribution in [1.29, 1.82) is 0 Å². The number of ether oxygens (including phenoxy) is 7. The highest BCUT2D eigenvalue weighted by Crippen LogP contribution is 2.42. The molecule has 1 heterocycles. The number of esters is 1. The van der Waals surface area contributed by atoms with E-state index in [9.17, 15) is 14.4 Å². The van der Waals surface area contributed by atoms with E-state index in [1.54, 1.807) is 37.3 Å². The fourth-order valence-electron chi connectivity index (χ4n) is 6.52. The van der Waals surface area contributed by atoms with Crippen molar-refractivity contribution >= 4 is 17.7 Å². The second-order valence-electron chi connectivity index (χ2n) is 13.1. The van der Waals surface area contributed by atoms with Crippen LogP contribution in [0.1, 0.15) is 81.6 Å². The number of para-hydroxylation sites is 1. The van der Waals surface area contributed by atoms with E-state index in [0.29, 0.717) is 77.9 Å². The van der Waals surface area contributed by atoms with Crippen molar-refractivity contribution in [1.82, 2.24) is 4.90 Å². The van der Waals surface area contributed by atoms with Gasteiger partial charge in [0.15, 0.2) is 28.8 Å². The predicted molar refractivity (Wildman–Crippen MR) is 197 cm³/mol. The van der Waals surface area contributed by atoms with Crippen molar-refractivity contribution in [2.75, 3.05) is 48.7 Å². The molecular weight excluding hydrogens is 666 g/mol. The number of carbonyl (C=O) groups excluding carboxylic acids is 3. The summed E-state index contributed by atoms with van der Waals surface area (Å²) in [5, 5.41) is 0. The Kier molecular flexibility index (Phi) is 14.6. The summed E-state index contributed by atoms with van der Waals surface area (Å²) in [7, 11) is 7.77. The Labute approximate surface area is 307 Å². The van der Waals surface area contributed by atoms with Crippen LogP contribution >= 0.6 is 0 Å². The Hall–Kier alpha value is -4.93. The predicted octanol–water partition coefficient (Wildman–Crippen LogP) is 7.13. The van der Waals surface area contributed by atoms with E-state index < -0.39 is 24.0 Å². The highest BCUT2D eigenvalue weighted by atomic mass is 16.6. The summed E-state index contributed by atoms with van der Waals surface area (Å²) in [6.07, 6.45) is 2.71. The first-order valence-corrected chi connectivity index (χ1v) is 17.9. The quantitative estimate of drug-likeness (QED) is 0.126. The van der Waals surface area contributed by atoms with Gasteiger partial charge in [-0.3, -0.25) is 9.59 Å². The number of aryl methyl sites for hydroxylation is 1. The molecule has 0 radical (unpaired) electrons. The van der Waals surface area contributed by atoms with Crippen LogP contribution in [0.15, 0.2) is 54.6 Å². The van der Waals surface area contributed by atoms with Crippen LogP contribution in [-0.4, -0.2) is 77.3 Å². The van der Waals surface area contributed by atoms with Gasteiger partial charge in [-0.05, 0) is 80.0 Å². The van der Waals surface area contributed by atoms with Gasteiger partial charge in [-0.15, -0.1) is 0 Å². The van der Waals surface area contributed by atoms with Crippen LogP contribution in [0.3, 0.4) is 0 Å². The summed E-state index contributed by atoms with van der Waals surface area (Å²) in [4.78, 5) is 42.8. The Bertz CT molecular complexity index is 1650. The Balaban J connectivity index is 1.65. The third-order valence-corrected chi connectivity index (χ3v) is 9.54.